The molecule has 0 aromatic heterocycles. The number of ether oxygens (including phenoxy) is 1. The van der Waals surface area contributed by atoms with Crippen molar-refractivity contribution in [1.29, 1.82) is 0 Å². The predicted molar refractivity (Wildman–Crippen MR) is 67.3 cm³/mol. The number of aryl methyl sites for hydroxylation is 1. The first-order valence-electron chi connectivity index (χ1n) is 5.33. The van der Waals surface area contributed by atoms with Gasteiger partial charge in [-0.1, -0.05) is 15.9 Å². The van der Waals surface area contributed by atoms with E-state index in [1.807, 2.05) is 12.1 Å². The Bertz CT molecular complexity index is 302. The summed E-state index contributed by atoms with van der Waals surface area (Å²) in [6, 6.07) is 6.07. The number of halogens is 1. The number of hydrogen-bond donors (Lipinski definition) is 1. The minimum absolute atomic E-state index is 0.775. The molecule has 0 unspecified atom stereocenters. The molecule has 1 aromatic carbocycles. The number of nitrogens with two attached hydrogens (primary N) is 1. The fourth-order valence-electron chi connectivity index (χ4n) is 1.38. The summed E-state index contributed by atoms with van der Waals surface area (Å²) >= 11 is 3.43. The Labute approximate surface area is 99.9 Å². The molecule has 3 heteroatoms. The summed E-state index contributed by atoms with van der Waals surface area (Å²) in [4.78, 5) is 0. The zero-order valence-corrected chi connectivity index (χ0v) is 10.7. The second-order valence-electron chi connectivity index (χ2n) is 3.61. The smallest absolute Gasteiger partial charge is 0.122 e. The molecule has 1 rings (SSSR count). The monoisotopic (exact) mass is 271 g/mol. The molecule has 0 saturated heterocycles. The Hall–Kier alpha value is -0.540. The highest BCUT2D eigenvalue weighted by Crippen LogP contribution is 2.22. The molecule has 0 aliphatic rings. The van der Waals surface area contributed by atoms with Gasteiger partial charge in [-0.3, -0.25) is 0 Å². The normalized spacial score (nSPS) is 10.3. The molecule has 0 fully saturated rings. The van der Waals surface area contributed by atoms with Gasteiger partial charge < -0.3 is 10.5 Å². The van der Waals surface area contributed by atoms with Crippen LogP contribution in [0, 0.1) is 6.92 Å². The lowest BCUT2D eigenvalue weighted by atomic mass is 10.2. The first kappa shape index (κ1) is 12.5. The van der Waals surface area contributed by atoms with Gasteiger partial charge in [-0.2, -0.15) is 0 Å². The van der Waals surface area contributed by atoms with E-state index in [1.54, 1.807) is 0 Å². The van der Waals surface area contributed by atoms with Gasteiger partial charge in [0.05, 0.1) is 6.61 Å². The minimum Gasteiger partial charge on any atom is -0.493 e. The van der Waals surface area contributed by atoms with Crippen molar-refractivity contribution in [3.8, 4) is 5.75 Å². The first-order valence-corrected chi connectivity index (χ1v) is 6.12. The van der Waals surface area contributed by atoms with Crippen molar-refractivity contribution in [2.75, 3.05) is 13.2 Å². The average Bonchev–Trinajstić information content (AvgIpc) is 2.20. The summed E-state index contributed by atoms with van der Waals surface area (Å²) < 4.78 is 6.77. The second kappa shape index (κ2) is 6.85. The Morgan fingerprint density at radius 1 is 1.27 bits per heavy atom. The molecule has 0 bridgehead atoms. The fourth-order valence-corrected chi connectivity index (χ4v) is 1.86. The molecule has 0 saturated carbocycles. The molecule has 0 radical (unpaired) electrons. The van der Waals surface area contributed by atoms with Gasteiger partial charge in [0, 0.05) is 4.47 Å². The zero-order valence-electron chi connectivity index (χ0n) is 9.13. The van der Waals surface area contributed by atoms with Crippen LogP contribution in [-0.4, -0.2) is 13.2 Å². The molecule has 0 aliphatic heterocycles. The van der Waals surface area contributed by atoms with Crippen molar-refractivity contribution in [2.24, 2.45) is 5.73 Å². The van der Waals surface area contributed by atoms with Gasteiger partial charge in [-0.15, -0.1) is 0 Å². The standard InChI is InChI=1S/C12H18BrNO/c1-10-9-11(13)5-6-12(10)15-8-4-2-3-7-14/h5-6,9H,2-4,7-8,14H2,1H3. The molecule has 1 aromatic rings. The Morgan fingerprint density at radius 3 is 2.73 bits per heavy atom. The Kier molecular flexibility index (Phi) is 5.73. The number of unbranched alkanes of at least 4 members (excludes halogenated alkanes) is 2. The Balaban J connectivity index is 2.31. The molecule has 2 nitrogen and oxygen atoms in total. The van der Waals surface area contributed by atoms with Crippen LogP contribution in [0.25, 0.3) is 0 Å². The second-order valence-corrected chi connectivity index (χ2v) is 4.52. The van der Waals surface area contributed by atoms with E-state index in [4.69, 9.17) is 10.5 Å². The summed E-state index contributed by atoms with van der Waals surface area (Å²) in [6.07, 6.45) is 3.31. The van der Waals surface area contributed by atoms with Crippen molar-refractivity contribution in [3.63, 3.8) is 0 Å². The third-order valence-corrected chi connectivity index (χ3v) is 2.74. The highest BCUT2D eigenvalue weighted by atomic mass is 79.9. The predicted octanol–water partition coefficient (Wildman–Crippen LogP) is 3.27. The van der Waals surface area contributed by atoms with Crippen LogP contribution >= 0.6 is 15.9 Å². The molecule has 0 spiro atoms. The van der Waals surface area contributed by atoms with E-state index < -0.39 is 0 Å². The van der Waals surface area contributed by atoms with E-state index in [1.165, 1.54) is 5.56 Å². The maximum atomic E-state index is 5.68. The maximum Gasteiger partial charge on any atom is 0.122 e. The summed E-state index contributed by atoms with van der Waals surface area (Å²) in [5.41, 5.74) is 6.59. The van der Waals surface area contributed by atoms with Gasteiger partial charge in [-0.25, -0.2) is 0 Å². The maximum absolute atomic E-state index is 5.68. The highest BCUT2D eigenvalue weighted by Gasteiger charge is 1.99. The lowest BCUT2D eigenvalue weighted by Crippen LogP contribution is -2.02. The van der Waals surface area contributed by atoms with Crippen LogP contribution < -0.4 is 10.5 Å². The van der Waals surface area contributed by atoms with Crippen LogP contribution in [0.2, 0.25) is 0 Å². The van der Waals surface area contributed by atoms with Crippen LogP contribution in [0.15, 0.2) is 22.7 Å². The topological polar surface area (TPSA) is 35.2 Å². The lowest BCUT2D eigenvalue weighted by Gasteiger charge is -2.08. The van der Waals surface area contributed by atoms with E-state index >= 15 is 0 Å². The molecule has 15 heavy (non-hydrogen) atoms. The van der Waals surface area contributed by atoms with Gasteiger partial charge in [0.2, 0.25) is 0 Å². The number of rotatable bonds is 6. The zero-order chi connectivity index (χ0) is 11.1. The van der Waals surface area contributed by atoms with E-state index in [-0.39, 0.29) is 0 Å². The first-order chi connectivity index (χ1) is 7.24. The van der Waals surface area contributed by atoms with E-state index in [0.717, 1.165) is 42.6 Å². The van der Waals surface area contributed by atoms with Gasteiger partial charge in [0.25, 0.3) is 0 Å². The molecule has 84 valence electrons. The molecule has 0 amide bonds. The number of benzene rings is 1. The molecule has 0 atom stereocenters. The summed E-state index contributed by atoms with van der Waals surface area (Å²) in [5.74, 6) is 0.978. The summed E-state index contributed by atoms with van der Waals surface area (Å²) in [5, 5.41) is 0. The fraction of sp³-hybridized carbons (Fsp3) is 0.500. The molecule has 0 heterocycles. The molecule has 2 N–H and O–H groups in total. The quantitative estimate of drug-likeness (QED) is 0.807. The average molecular weight is 272 g/mol. The molecule has 0 aliphatic carbocycles. The molecular formula is C12H18BrNO. The van der Waals surface area contributed by atoms with Crippen molar-refractivity contribution < 1.29 is 4.74 Å². The lowest BCUT2D eigenvalue weighted by molar-refractivity contribution is 0.303. The highest BCUT2D eigenvalue weighted by molar-refractivity contribution is 9.10. The Morgan fingerprint density at radius 2 is 2.07 bits per heavy atom. The summed E-state index contributed by atoms with van der Waals surface area (Å²) in [6.45, 7) is 3.61. The van der Waals surface area contributed by atoms with E-state index in [0.29, 0.717) is 0 Å². The van der Waals surface area contributed by atoms with Crippen molar-refractivity contribution >= 4 is 15.9 Å². The molecular weight excluding hydrogens is 254 g/mol. The third-order valence-electron chi connectivity index (χ3n) is 2.24. The van der Waals surface area contributed by atoms with Crippen molar-refractivity contribution in [2.45, 2.75) is 26.2 Å². The minimum atomic E-state index is 0.775. The SMILES string of the molecule is Cc1cc(Br)ccc1OCCCCCN. The van der Waals surface area contributed by atoms with Gasteiger partial charge in [0.15, 0.2) is 0 Å². The summed E-state index contributed by atoms with van der Waals surface area (Å²) in [7, 11) is 0. The van der Waals surface area contributed by atoms with Crippen molar-refractivity contribution in [3.05, 3.63) is 28.2 Å². The van der Waals surface area contributed by atoms with Gasteiger partial charge >= 0.3 is 0 Å². The van der Waals surface area contributed by atoms with Crippen LogP contribution in [0.3, 0.4) is 0 Å². The number of hydrogen-bond acceptors (Lipinski definition) is 2. The van der Waals surface area contributed by atoms with Gasteiger partial charge in [0.1, 0.15) is 5.75 Å². The third kappa shape index (κ3) is 4.67. The van der Waals surface area contributed by atoms with Crippen LogP contribution in [0.4, 0.5) is 0 Å². The van der Waals surface area contributed by atoms with Crippen molar-refractivity contribution in [1.82, 2.24) is 0 Å². The largest absolute Gasteiger partial charge is 0.493 e. The van der Waals surface area contributed by atoms with Gasteiger partial charge in [-0.05, 0) is 56.5 Å². The van der Waals surface area contributed by atoms with E-state index in [9.17, 15) is 0 Å². The van der Waals surface area contributed by atoms with Crippen LogP contribution in [0.5, 0.6) is 5.75 Å². The van der Waals surface area contributed by atoms with E-state index in [2.05, 4.69) is 28.9 Å². The van der Waals surface area contributed by atoms with Crippen LogP contribution in [-0.2, 0) is 0 Å². The van der Waals surface area contributed by atoms with Crippen LogP contribution in [0.1, 0.15) is 24.8 Å².